The number of amides is 1. The van der Waals surface area contributed by atoms with Crippen LogP contribution in [-0.4, -0.2) is 25.9 Å². The molecule has 0 fully saturated rings. The molecular formula is C14H10N6O. The zero-order valence-corrected chi connectivity index (χ0v) is 10.8. The standard InChI is InChI=1S/C14H10N6O/c15-6-10-7-16-19-13(10)18-14(21)11-8-17-20(9-11)12-4-2-1-3-5-12/h1-5,7-9H,(H2,16,18,19,21). The Labute approximate surface area is 119 Å². The van der Waals surface area contributed by atoms with Gasteiger partial charge in [-0.2, -0.15) is 15.5 Å². The zero-order chi connectivity index (χ0) is 14.7. The number of rotatable bonds is 3. The van der Waals surface area contributed by atoms with E-state index >= 15 is 0 Å². The van der Waals surface area contributed by atoms with E-state index in [1.54, 1.807) is 10.9 Å². The molecule has 1 aromatic carbocycles. The molecule has 7 heteroatoms. The second-order valence-electron chi connectivity index (χ2n) is 4.23. The predicted molar refractivity (Wildman–Crippen MR) is 74.8 cm³/mol. The monoisotopic (exact) mass is 278 g/mol. The highest BCUT2D eigenvalue weighted by Gasteiger charge is 2.13. The third-order valence-corrected chi connectivity index (χ3v) is 2.86. The number of benzene rings is 1. The Morgan fingerprint density at radius 2 is 2.10 bits per heavy atom. The van der Waals surface area contributed by atoms with Crippen molar-refractivity contribution < 1.29 is 4.79 Å². The normalized spacial score (nSPS) is 10.0. The largest absolute Gasteiger partial charge is 0.306 e. The molecule has 0 atom stereocenters. The molecule has 0 saturated carbocycles. The first-order valence-corrected chi connectivity index (χ1v) is 6.13. The zero-order valence-electron chi connectivity index (χ0n) is 10.8. The highest BCUT2D eigenvalue weighted by atomic mass is 16.1. The van der Waals surface area contributed by atoms with Gasteiger partial charge in [0.05, 0.1) is 23.6 Å². The van der Waals surface area contributed by atoms with Gasteiger partial charge in [0.15, 0.2) is 0 Å². The number of nitrogens with zero attached hydrogens (tertiary/aromatic N) is 4. The molecule has 7 nitrogen and oxygen atoms in total. The molecule has 2 aromatic heterocycles. The van der Waals surface area contributed by atoms with E-state index in [1.165, 1.54) is 12.4 Å². The third kappa shape index (κ3) is 2.50. The van der Waals surface area contributed by atoms with Gasteiger partial charge in [0.1, 0.15) is 17.5 Å². The van der Waals surface area contributed by atoms with Gasteiger partial charge in [0.2, 0.25) is 0 Å². The molecule has 3 aromatic rings. The van der Waals surface area contributed by atoms with Crippen LogP contribution in [0.4, 0.5) is 5.82 Å². The van der Waals surface area contributed by atoms with Crippen molar-refractivity contribution in [3.63, 3.8) is 0 Å². The average molecular weight is 278 g/mol. The molecule has 0 bridgehead atoms. The Morgan fingerprint density at radius 1 is 1.29 bits per heavy atom. The van der Waals surface area contributed by atoms with Crippen molar-refractivity contribution in [2.24, 2.45) is 0 Å². The van der Waals surface area contributed by atoms with Crippen LogP contribution >= 0.6 is 0 Å². The Balaban J connectivity index is 1.81. The van der Waals surface area contributed by atoms with Crippen LogP contribution in [0.1, 0.15) is 15.9 Å². The van der Waals surface area contributed by atoms with Crippen molar-refractivity contribution >= 4 is 11.7 Å². The van der Waals surface area contributed by atoms with Gasteiger partial charge in [-0.3, -0.25) is 9.89 Å². The Hall–Kier alpha value is -3.40. The summed E-state index contributed by atoms with van der Waals surface area (Å²) in [7, 11) is 0. The van der Waals surface area contributed by atoms with Gasteiger partial charge < -0.3 is 5.32 Å². The lowest BCUT2D eigenvalue weighted by atomic mass is 10.3. The molecule has 0 aliphatic heterocycles. The van der Waals surface area contributed by atoms with Gasteiger partial charge in [0.25, 0.3) is 5.91 Å². The summed E-state index contributed by atoms with van der Waals surface area (Å²) in [5.41, 5.74) is 1.52. The first kappa shape index (κ1) is 12.6. The number of para-hydroxylation sites is 1. The molecule has 102 valence electrons. The summed E-state index contributed by atoms with van der Waals surface area (Å²) in [6.07, 6.45) is 4.43. The minimum absolute atomic E-state index is 0.273. The van der Waals surface area contributed by atoms with E-state index in [-0.39, 0.29) is 17.3 Å². The van der Waals surface area contributed by atoms with Crippen molar-refractivity contribution in [2.75, 3.05) is 5.32 Å². The van der Waals surface area contributed by atoms with E-state index in [1.807, 2.05) is 36.4 Å². The van der Waals surface area contributed by atoms with Crippen molar-refractivity contribution in [1.29, 1.82) is 5.26 Å². The van der Waals surface area contributed by atoms with Gasteiger partial charge in [-0.15, -0.1) is 0 Å². The number of hydrogen-bond acceptors (Lipinski definition) is 4. The van der Waals surface area contributed by atoms with Crippen LogP contribution in [0.5, 0.6) is 0 Å². The maximum atomic E-state index is 12.1. The lowest BCUT2D eigenvalue weighted by Gasteiger charge is -2.01. The minimum atomic E-state index is -0.363. The summed E-state index contributed by atoms with van der Waals surface area (Å²) in [4.78, 5) is 12.1. The maximum absolute atomic E-state index is 12.1. The average Bonchev–Trinajstić information content (AvgIpc) is 3.17. The second-order valence-corrected chi connectivity index (χ2v) is 4.23. The van der Waals surface area contributed by atoms with Crippen LogP contribution in [0.2, 0.25) is 0 Å². The van der Waals surface area contributed by atoms with Gasteiger partial charge in [-0.05, 0) is 12.1 Å². The minimum Gasteiger partial charge on any atom is -0.306 e. The Morgan fingerprint density at radius 3 is 2.86 bits per heavy atom. The number of carbonyl (C=O) groups is 1. The van der Waals surface area contributed by atoms with Crippen molar-refractivity contribution in [1.82, 2.24) is 20.0 Å². The van der Waals surface area contributed by atoms with Crippen molar-refractivity contribution in [3.05, 3.63) is 60.0 Å². The summed E-state index contributed by atoms with van der Waals surface area (Å²) in [5, 5.41) is 21.9. The highest BCUT2D eigenvalue weighted by molar-refractivity contribution is 6.04. The molecule has 2 heterocycles. The summed E-state index contributed by atoms with van der Waals surface area (Å²) in [6, 6.07) is 11.4. The van der Waals surface area contributed by atoms with E-state index in [0.717, 1.165) is 5.69 Å². The molecule has 2 N–H and O–H groups in total. The number of H-pyrrole nitrogens is 1. The molecule has 1 amide bonds. The number of anilines is 1. The molecular weight excluding hydrogens is 268 g/mol. The fraction of sp³-hybridized carbons (Fsp3) is 0. The molecule has 21 heavy (non-hydrogen) atoms. The third-order valence-electron chi connectivity index (χ3n) is 2.86. The van der Waals surface area contributed by atoms with Gasteiger partial charge in [0, 0.05) is 6.20 Å². The van der Waals surface area contributed by atoms with E-state index < -0.39 is 0 Å². The Kier molecular flexibility index (Phi) is 3.19. The lowest BCUT2D eigenvalue weighted by molar-refractivity contribution is 0.102. The summed E-state index contributed by atoms with van der Waals surface area (Å²) in [5.74, 6) is -0.0899. The van der Waals surface area contributed by atoms with Gasteiger partial charge in [-0.25, -0.2) is 4.68 Å². The quantitative estimate of drug-likeness (QED) is 0.761. The molecule has 0 unspecified atom stereocenters. The first-order valence-electron chi connectivity index (χ1n) is 6.13. The molecule has 0 aliphatic carbocycles. The second kappa shape index (κ2) is 5.30. The van der Waals surface area contributed by atoms with Crippen LogP contribution in [0.15, 0.2) is 48.9 Å². The molecule has 0 saturated heterocycles. The van der Waals surface area contributed by atoms with E-state index in [4.69, 9.17) is 5.26 Å². The van der Waals surface area contributed by atoms with Crippen LogP contribution in [0, 0.1) is 11.3 Å². The number of hydrogen-bond donors (Lipinski definition) is 2. The van der Waals surface area contributed by atoms with Crippen LogP contribution in [0.25, 0.3) is 5.69 Å². The highest BCUT2D eigenvalue weighted by Crippen LogP contribution is 2.12. The predicted octanol–water partition coefficient (Wildman–Crippen LogP) is 1.72. The number of carbonyl (C=O) groups excluding carboxylic acids is 1. The summed E-state index contributed by atoms with van der Waals surface area (Å²) in [6.45, 7) is 0. The number of aromatic nitrogens is 4. The molecule has 0 spiro atoms. The lowest BCUT2D eigenvalue weighted by Crippen LogP contribution is -2.12. The van der Waals surface area contributed by atoms with Crippen molar-refractivity contribution in [3.8, 4) is 11.8 Å². The number of nitriles is 1. The molecule has 0 aliphatic rings. The Bertz CT molecular complexity index is 811. The fourth-order valence-electron chi connectivity index (χ4n) is 1.81. The van der Waals surface area contributed by atoms with Crippen LogP contribution in [-0.2, 0) is 0 Å². The van der Waals surface area contributed by atoms with Crippen molar-refractivity contribution in [2.45, 2.75) is 0 Å². The fourth-order valence-corrected chi connectivity index (χ4v) is 1.81. The van der Waals surface area contributed by atoms with Crippen LogP contribution in [0.3, 0.4) is 0 Å². The van der Waals surface area contributed by atoms with E-state index in [0.29, 0.717) is 5.56 Å². The SMILES string of the molecule is N#Cc1cn[nH]c1NC(=O)c1cnn(-c2ccccc2)c1. The van der Waals surface area contributed by atoms with E-state index in [2.05, 4.69) is 20.6 Å². The topological polar surface area (TPSA) is 99.4 Å². The summed E-state index contributed by atoms with van der Waals surface area (Å²) >= 11 is 0. The van der Waals surface area contributed by atoms with E-state index in [9.17, 15) is 4.79 Å². The van der Waals surface area contributed by atoms with Gasteiger partial charge >= 0.3 is 0 Å². The molecule has 0 radical (unpaired) electrons. The van der Waals surface area contributed by atoms with Crippen LogP contribution < -0.4 is 5.32 Å². The maximum Gasteiger partial charge on any atom is 0.260 e. The number of nitrogens with one attached hydrogen (secondary N) is 2. The van der Waals surface area contributed by atoms with Gasteiger partial charge in [-0.1, -0.05) is 18.2 Å². The summed E-state index contributed by atoms with van der Waals surface area (Å²) < 4.78 is 1.60. The smallest absolute Gasteiger partial charge is 0.260 e. The first-order chi connectivity index (χ1) is 10.3. The number of aromatic amines is 1. The molecule has 3 rings (SSSR count).